The summed E-state index contributed by atoms with van der Waals surface area (Å²) in [6.45, 7) is 0.980. The lowest BCUT2D eigenvalue weighted by molar-refractivity contribution is 0.0149. The highest BCUT2D eigenvalue weighted by molar-refractivity contribution is 7.74. The van der Waals surface area contributed by atoms with Gasteiger partial charge in [-0.05, 0) is 30.4 Å². The molecule has 1 aromatic carbocycles. The van der Waals surface area contributed by atoms with Gasteiger partial charge in [-0.2, -0.15) is 4.21 Å². The number of hydrogen-bond acceptors (Lipinski definition) is 3. The van der Waals surface area contributed by atoms with E-state index in [1.807, 2.05) is 24.3 Å². The largest absolute Gasteiger partial charge is 0.374 e. The van der Waals surface area contributed by atoms with Gasteiger partial charge in [0.1, 0.15) is 0 Å². The van der Waals surface area contributed by atoms with E-state index < -0.39 is 11.4 Å². The number of benzene rings is 1. The Kier molecular flexibility index (Phi) is 4.67. The molecule has 0 spiro atoms. The van der Waals surface area contributed by atoms with Gasteiger partial charge in [-0.25, -0.2) is 0 Å². The quantitative estimate of drug-likeness (QED) is 0.841. The molecule has 0 saturated carbocycles. The summed E-state index contributed by atoms with van der Waals surface area (Å²) in [5.74, 6) is 0. The van der Waals surface area contributed by atoms with Crippen molar-refractivity contribution in [2.75, 3.05) is 6.61 Å². The Morgan fingerprint density at radius 1 is 1.35 bits per heavy atom. The zero-order chi connectivity index (χ0) is 12.1. The van der Waals surface area contributed by atoms with E-state index >= 15 is 0 Å². The van der Waals surface area contributed by atoms with Crippen LogP contribution in [0.15, 0.2) is 24.3 Å². The molecule has 94 valence electrons. The van der Waals surface area contributed by atoms with E-state index in [9.17, 15) is 4.21 Å². The van der Waals surface area contributed by atoms with Crippen molar-refractivity contribution in [3.05, 3.63) is 35.4 Å². The molecular weight excluding hydrogens is 240 g/mol. The standard InChI is InChI=1S/C12H16O4S/c13-17(14)16-9-10-4-6-11(7-5-10)12-3-1-2-8-15-12/h4-7,12H,1-3,8-9H2,(H,13,14). The molecule has 1 aliphatic rings. The summed E-state index contributed by atoms with van der Waals surface area (Å²) in [5, 5.41) is 0. The monoisotopic (exact) mass is 256 g/mol. The Hall–Kier alpha value is -0.750. The molecule has 17 heavy (non-hydrogen) atoms. The second-order valence-electron chi connectivity index (χ2n) is 4.08. The third kappa shape index (κ3) is 3.89. The zero-order valence-electron chi connectivity index (χ0n) is 9.50. The number of ether oxygens (including phenoxy) is 1. The van der Waals surface area contributed by atoms with Crippen LogP contribution in [0.3, 0.4) is 0 Å². The molecule has 0 aromatic heterocycles. The minimum atomic E-state index is -2.20. The summed E-state index contributed by atoms with van der Waals surface area (Å²) < 4.78 is 29.1. The summed E-state index contributed by atoms with van der Waals surface area (Å²) in [4.78, 5) is 0. The van der Waals surface area contributed by atoms with Crippen LogP contribution in [-0.4, -0.2) is 15.4 Å². The van der Waals surface area contributed by atoms with Gasteiger partial charge in [0.2, 0.25) is 0 Å². The number of rotatable bonds is 4. The lowest BCUT2D eigenvalue weighted by atomic mass is 10.0. The maximum atomic E-state index is 10.4. The topological polar surface area (TPSA) is 55.8 Å². The van der Waals surface area contributed by atoms with E-state index in [4.69, 9.17) is 9.29 Å². The summed E-state index contributed by atoms with van der Waals surface area (Å²) in [7, 11) is 0. The third-order valence-electron chi connectivity index (χ3n) is 2.86. The van der Waals surface area contributed by atoms with Gasteiger partial charge >= 0.3 is 11.4 Å². The summed E-state index contributed by atoms with van der Waals surface area (Å²) in [6.07, 6.45) is 3.62. The van der Waals surface area contributed by atoms with Crippen LogP contribution < -0.4 is 0 Å². The second-order valence-corrected chi connectivity index (χ2v) is 4.75. The van der Waals surface area contributed by atoms with Crippen LogP contribution in [0.25, 0.3) is 0 Å². The smallest absolute Gasteiger partial charge is 0.302 e. The fraction of sp³-hybridized carbons (Fsp3) is 0.500. The predicted octanol–water partition coefficient (Wildman–Crippen LogP) is 2.58. The lowest BCUT2D eigenvalue weighted by Gasteiger charge is -2.23. The molecule has 0 amide bonds. The highest BCUT2D eigenvalue weighted by Crippen LogP contribution is 2.27. The van der Waals surface area contributed by atoms with Crippen molar-refractivity contribution >= 4 is 11.4 Å². The first-order valence-electron chi connectivity index (χ1n) is 5.70. The van der Waals surface area contributed by atoms with Crippen LogP contribution in [0.1, 0.15) is 36.5 Å². The van der Waals surface area contributed by atoms with E-state index in [1.165, 1.54) is 12.0 Å². The summed E-state index contributed by atoms with van der Waals surface area (Å²) in [6, 6.07) is 7.80. The van der Waals surface area contributed by atoms with E-state index in [-0.39, 0.29) is 12.7 Å². The maximum absolute atomic E-state index is 10.4. The summed E-state index contributed by atoms with van der Waals surface area (Å²) in [5.41, 5.74) is 2.05. The van der Waals surface area contributed by atoms with Gasteiger partial charge in [0, 0.05) is 6.61 Å². The molecule has 0 bridgehead atoms. The molecule has 1 saturated heterocycles. The second kappa shape index (κ2) is 6.26. The Morgan fingerprint density at radius 3 is 2.71 bits per heavy atom. The first-order valence-corrected chi connectivity index (χ1v) is 6.73. The van der Waals surface area contributed by atoms with E-state index in [2.05, 4.69) is 4.18 Å². The SMILES string of the molecule is O=S(O)OCc1ccc(C2CCCCO2)cc1. The van der Waals surface area contributed by atoms with E-state index in [0.29, 0.717) is 0 Å². The molecule has 2 atom stereocenters. The molecule has 5 heteroatoms. The van der Waals surface area contributed by atoms with Crippen molar-refractivity contribution in [3.8, 4) is 0 Å². The average molecular weight is 256 g/mol. The molecule has 1 heterocycles. The highest BCUT2D eigenvalue weighted by atomic mass is 32.2. The fourth-order valence-corrected chi connectivity index (χ4v) is 2.19. The van der Waals surface area contributed by atoms with Gasteiger partial charge in [0.05, 0.1) is 12.7 Å². The average Bonchev–Trinajstić information content (AvgIpc) is 2.38. The van der Waals surface area contributed by atoms with Gasteiger partial charge < -0.3 is 4.74 Å². The van der Waals surface area contributed by atoms with Gasteiger partial charge in [0.15, 0.2) is 0 Å². The van der Waals surface area contributed by atoms with Gasteiger partial charge in [-0.15, -0.1) is 0 Å². The van der Waals surface area contributed by atoms with Crippen LogP contribution in [0.4, 0.5) is 0 Å². The normalized spacial score (nSPS) is 22.3. The van der Waals surface area contributed by atoms with Crippen molar-refractivity contribution in [3.63, 3.8) is 0 Å². The first-order chi connectivity index (χ1) is 8.25. The van der Waals surface area contributed by atoms with Crippen molar-refractivity contribution in [2.45, 2.75) is 32.0 Å². The maximum Gasteiger partial charge on any atom is 0.302 e. The first kappa shape index (κ1) is 12.7. The Balaban J connectivity index is 1.94. The molecule has 0 radical (unpaired) electrons. The van der Waals surface area contributed by atoms with Gasteiger partial charge in [-0.3, -0.25) is 8.74 Å². The number of hydrogen-bond donors (Lipinski definition) is 1. The van der Waals surface area contributed by atoms with Crippen LogP contribution in [0.2, 0.25) is 0 Å². The van der Waals surface area contributed by atoms with E-state index in [1.54, 1.807) is 0 Å². The van der Waals surface area contributed by atoms with Crippen molar-refractivity contribution in [1.29, 1.82) is 0 Å². The highest BCUT2D eigenvalue weighted by Gasteiger charge is 2.15. The van der Waals surface area contributed by atoms with Crippen molar-refractivity contribution in [1.82, 2.24) is 0 Å². The third-order valence-corrected chi connectivity index (χ3v) is 3.18. The Morgan fingerprint density at radius 2 is 2.12 bits per heavy atom. The molecule has 4 nitrogen and oxygen atoms in total. The Bertz CT molecular complexity index is 371. The van der Waals surface area contributed by atoms with Crippen LogP contribution in [-0.2, 0) is 26.9 Å². The molecule has 1 fully saturated rings. The molecule has 1 N–H and O–H groups in total. The minimum Gasteiger partial charge on any atom is -0.374 e. The molecule has 2 rings (SSSR count). The van der Waals surface area contributed by atoms with Gasteiger partial charge in [0.25, 0.3) is 0 Å². The molecule has 1 aromatic rings. The van der Waals surface area contributed by atoms with Gasteiger partial charge in [-0.1, -0.05) is 24.3 Å². The lowest BCUT2D eigenvalue weighted by Crippen LogP contribution is -2.11. The van der Waals surface area contributed by atoms with Crippen LogP contribution in [0.5, 0.6) is 0 Å². The molecular formula is C12H16O4S. The molecule has 2 unspecified atom stereocenters. The fourth-order valence-electron chi connectivity index (χ4n) is 1.95. The summed E-state index contributed by atoms with van der Waals surface area (Å²) >= 11 is -2.20. The van der Waals surface area contributed by atoms with Crippen molar-refractivity contribution in [2.24, 2.45) is 0 Å². The zero-order valence-corrected chi connectivity index (χ0v) is 10.3. The van der Waals surface area contributed by atoms with Crippen LogP contribution >= 0.6 is 0 Å². The predicted molar refractivity (Wildman–Crippen MR) is 64.5 cm³/mol. The molecule has 0 aliphatic carbocycles. The van der Waals surface area contributed by atoms with Crippen LogP contribution in [0, 0.1) is 0 Å². The van der Waals surface area contributed by atoms with Crippen molar-refractivity contribution < 1.29 is 17.7 Å². The van der Waals surface area contributed by atoms with E-state index in [0.717, 1.165) is 25.0 Å². The minimum absolute atomic E-state index is 0.148. The molecule has 1 aliphatic heterocycles. The Labute approximate surface area is 103 Å².